The smallest absolute Gasteiger partial charge is 0.271 e. The quantitative estimate of drug-likeness (QED) is 0.234. The topological polar surface area (TPSA) is 78.8 Å². The molecule has 184 valence electrons. The van der Waals surface area contributed by atoms with Crippen molar-refractivity contribution in [1.82, 2.24) is 5.43 Å². The maximum atomic E-state index is 13.4. The number of thioether (sulfide) groups is 1. The molecule has 0 bridgehead atoms. The van der Waals surface area contributed by atoms with Crippen molar-refractivity contribution in [3.8, 4) is 0 Å². The standard InChI is InChI=1S/C23H19ClF3N3O3S2/c1-34-18-10-7-16(8-11-18)14-28-29-22(31)15-30(35(32,33)19-5-3-2-4-6-19)17-9-12-21(24)20(13-17)23(25,26)27/h2-14H,15H2,1H3,(H,29,31)/b28-14-. The molecule has 3 aromatic carbocycles. The van der Waals surface area contributed by atoms with E-state index in [1.165, 1.54) is 30.5 Å². The molecule has 0 atom stereocenters. The van der Waals surface area contributed by atoms with Gasteiger partial charge in [0.25, 0.3) is 15.9 Å². The molecule has 0 spiro atoms. The summed E-state index contributed by atoms with van der Waals surface area (Å²) < 4.78 is 67.3. The maximum absolute atomic E-state index is 13.4. The van der Waals surface area contributed by atoms with Crippen LogP contribution in [-0.4, -0.2) is 33.3 Å². The number of amides is 1. The van der Waals surface area contributed by atoms with Gasteiger partial charge >= 0.3 is 6.18 Å². The summed E-state index contributed by atoms with van der Waals surface area (Å²) in [6.07, 6.45) is -1.54. The van der Waals surface area contributed by atoms with Crippen LogP contribution < -0.4 is 9.73 Å². The number of benzene rings is 3. The molecule has 3 aromatic rings. The van der Waals surface area contributed by atoms with Gasteiger partial charge in [-0.25, -0.2) is 13.8 Å². The van der Waals surface area contributed by atoms with Crippen molar-refractivity contribution in [1.29, 1.82) is 0 Å². The molecule has 0 radical (unpaired) electrons. The first-order chi connectivity index (χ1) is 16.5. The van der Waals surface area contributed by atoms with Crippen LogP contribution in [0.3, 0.4) is 0 Å². The lowest BCUT2D eigenvalue weighted by Crippen LogP contribution is -2.39. The number of hydrazone groups is 1. The van der Waals surface area contributed by atoms with Crippen LogP contribution in [0.25, 0.3) is 0 Å². The van der Waals surface area contributed by atoms with Gasteiger partial charge in [-0.15, -0.1) is 11.8 Å². The first-order valence-corrected chi connectivity index (χ1v) is 13.0. The van der Waals surface area contributed by atoms with Gasteiger partial charge in [0, 0.05) is 4.90 Å². The normalized spacial score (nSPS) is 12.0. The Bertz CT molecular complexity index is 1320. The van der Waals surface area contributed by atoms with Crippen molar-refractivity contribution in [2.45, 2.75) is 16.0 Å². The molecule has 0 heterocycles. The van der Waals surface area contributed by atoms with Crippen molar-refractivity contribution >= 4 is 51.2 Å². The van der Waals surface area contributed by atoms with Crippen LogP contribution in [0.4, 0.5) is 18.9 Å². The number of nitrogens with zero attached hydrogens (tertiary/aromatic N) is 2. The predicted molar refractivity (Wildman–Crippen MR) is 131 cm³/mol. The molecular weight excluding hydrogens is 523 g/mol. The number of carbonyl (C=O) groups excluding carboxylic acids is 1. The largest absolute Gasteiger partial charge is 0.417 e. The minimum Gasteiger partial charge on any atom is -0.271 e. The zero-order valence-corrected chi connectivity index (χ0v) is 20.5. The van der Waals surface area contributed by atoms with Crippen molar-refractivity contribution in [2.75, 3.05) is 17.1 Å². The molecule has 0 fully saturated rings. The Hall–Kier alpha value is -3.02. The van der Waals surface area contributed by atoms with Gasteiger partial charge in [-0.3, -0.25) is 9.10 Å². The zero-order chi connectivity index (χ0) is 25.6. The molecule has 1 amide bonds. The molecule has 1 N–H and O–H groups in total. The van der Waals surface area contributed by atoms with Gasteiger partial charge in [0.15, 0.2) is 0 Å². The van der Waals surface area contributed by atoms with Gasteiger partial charge in [0.1, 0.15) is 6.54 Å². The van der Waals surface area contributed by atoms with Crippen molar-refractivity contribution in [3.05, 3.63) is 88.9 Å². The average molecular weight is 542 g/mol. The van der Waals surface area contributed by atoms with E-state index in [4.69, 9.17) is 11.6 Å². The third-order valence-corrected chi connectivity index (χ3v) is 7.54. The third kappa shape index (κ3) is 6.77. The number of sulfonamides is 1. The summed E-state index contributed by atoms with van der Waals surface area (Å²) in [5.74, 6) is -0.856. The fourth-order valence-corrected chi connectivity index (χ4v) is 5.02. The van der Waals surface area contributed by atoms with Gasteiger partial charge in [-0.1, -0.05) is 41.9 Å². The monoisotopic (exact) mass is 541 g/mol. The van der Waals surface area contributed by atoms with Crippen LogP contribution in [0.2, 0.25) is 5.02 Å². The molecule has 0 aliphatic heterocycles. The van der Waals surface area contributed by atoms with E-state index in [2.05, 4.69) is 10.5 Å². The molecule has 0 saturated carbocycles. The molecule has 0 aromatic heterocycles. The van der Waals surface area contributed by atoms with E-state index >= 15 is 0 Å². The highest BCUT2D eigenvalue weighted by atomic mass is 35.5. The van der Waals surface area contributed by atoms with E-state index < -0.39 is 39.2 Å². The van der Waals surface area contributed by atoms with Crippen molar-refractivity contribution in [2.24, 2.45) is 5.10 Å². The molecule has 6 nitrogen and oxygen atoms in total. The van der Waals surface area contributed by atoms with E-state index in [0.717, 1.165) is 17.0 Å². The molecular formula is C23H19ClF3N3O3S2. The fourth-order valence-electron chi connectivity index (χ4n) is 2.95. The molecule has 0 saturated heterocycles. The van der Waals surface area contributed by atoms with Gasteiger partial charge in [0.2, 0.25) is 0 Å². The minimum atomic E-state index is -4.83. The number of nitrogens with one attached hydrogen (secondary N) is 1. The van der Waals surface area contributed by atoms with Gasteiger partial charge in [-0.05, 0) is 54.3 Å². The number of hydrogen-bond donors (Lipinski definition) is 1. The van der Waals surface area contributed by atoms with Crippen molar-refractivity contribution in [3.63, 3.8) is 0 Å². The highest BCUT2D eigenvalue weighted by Crippen LogP contribution is 2.38. The molecule has 0 unspecified atom stereocenters. The summed E-state index contributed by atoms with van der Waals surface area (Å²) in [4.78, 5) is 13.4. The number of alkyl halides is 3. The van der Waals surface area contributed by atoms with Crippen LogP contribution in [0, 0.1) is 0 Å². The Morgan fingerprint density at radius 3 is 2.34 bits per heavy atom. The average Bonchev–Trinajstić information content (AvgIpc) is 2.83. The molecule has 3 rings (SSSR count). The summed E-state index contributed by atoms with van der Waals surface area (Å²) in [6.45, 7) is -0.821. The minimum absolute atomic E-state index is 0.200. The zero-order valence-electron chi connectivity index (χ0n) is 18.2. The fraction of sp³-hybridized carbons (Fsp3) is 0.130. The SMILES string of the molecule is CSc1ccc(/C=N\NC(=O)CN(c2ccc(Cl)c(C(F)(F)F)c2)S(=O)(=O)c2ccccc2)cc1. The summed E-state index contributed by atoms with van der Waals surface area (Å²) >= 11 is 7.24. The summed E-state index contributed by atoms with van der Waals surface area (Å²) in [5, 5.41) is 3.22. The Morgan fingerprint density at radius 1 is 1.09 bits per heavy atom. The number of halogens is 4. The highest BCUT2D eigenvalue weighted by Gasteiger charge is 2.35. The second-order valence-corrected chi connectivity index (χ2v) is 10.2. The van der Waals surface area contributed by atoms with E-state index in [1.807, 2.05) is 18.4 Å². The van der Waals surface area contributed by atoms with Crippen LogP contribution in [0.15, 0.2) is 87.7 Å². The summed E-state index contributed by atoms with van der Waals surface area (Å²) in [7, 11) is -4.40. The predicted octanol–water partition coefficient (Wildman–Crippen LogP) is 5.43. The van der Waals surface area contributed by atoms with Crippen molar-refractivity contribution < 1.29 is 26.4 Å². The number of anilines is 1. The highest BCUT2D eigenvalue weighted by molar-refractivity contribution is 7.98. The first-order valence-electron chi connectivity index (χ1n) is 9.93. The summed E-state index contributed by atoms with van der Waals surface area (Å²) in [5.41, 5.74) is 1.29. The number of rotatable bonds is 8. The lowest BCUT2D eigenvalue weighted by atomic mass is 10.2. The molecule has 35 heavy (non-hydrogen) atoms. The summed E-state index contributed by atoms with van der Waals surface area (Å²) in [6, 6.07) is 17.0. The Labute approximate surface area is 209 Å². The molecule has 0 aliphatic rings. The van der Waals surface area contributed by atoms with Crippen LogP contribution >= 0.6 is 23.4 Å². The molecule has 12 heteroatoms. The number of carbonyl (C=O) groups is 1. The Kier molecular flexibility index (Phi) is 8.47. The van der Waals surface area contributed by atoms with Gasteiger partial charge < -0.3 is 0 Å². The van der Waals surface area contributed by atoms with Gasteiger partial charge in [0.05, 0.1) is 27.4 Å². The van der Waals surface area contributed by atoms with Gasteiger partial charge in [-0.2, -0.15) is 18.3 Å². The maximum Gasteiger partial charge on any atom is 0.417 e. The first kappa shape index (κ1) is 26.6. The lowest BCUT2D eigenvalue weighted by molar-refractivity contribution is -0.137. The third-order valence-electron chi connectivity index (χ3n) is 4.68. The lowest BCUT2D eigenvalue weighted by Gasteiger charge is -2.24. The second kappa shape index (κ2) is 11.1. The Balaban J connectivity index is 1.90. The number of hydrogen-bond acceptors (Lipinski definition) is 5. The van der Waals surface area contributed by atoms with Crippen LogP contribution in [0.5, 0.6) is 0 Å². The van der Waals surface area contributed by atoms with E-state index in [-0.39, 0.29) is 10.6 Å². The van der Waals surface area contributed by atoms with E-state index in [0.29, 0.717) is 15.9 Å². The van der Waals surface area contributed by atoms with Crippen LogP contribution in [-0.2, 0) is 21.0 Å². The van der Waals surface area contributed by atoms with E-state index in [1.54, 1.807) is 30.0 Å². The molecule has 0 aliphatic carbocycles. The Morgan fingerprint density at radius 2 is 1.74 bits per heavy atom. The second-order valence-electron chi connectivity index (χ2n) is 7.05. The van der Waals surface area contributed by atoms with E-state index in [9.17, 15) is 26.4 Å². The van der Waals surface area contributed by atoms with Crippen LogP contribution in [0.1, 0.15) is 11.1 Å².